The van der Waals surface area contributed by atoms with Crippen LogP contribution in [0.5, 0.6) is 11.5 Å². The summed E-state index contributed by atoms with van der Waals surface area (Å²) in [5.74, 6) is -2.77. The predicted molar refractivity (Wildman–Crippen MR) is 162 cm³/mol. The molecule has 1 amide bonds. The molecule has 3 aromatic rings. The maximum atomic E-state index is 13.4. The van der Waals surface area contributed by atoms with Gasteiger partial charge in [0.15, 0.2) is 11.5 Å². The molecule has 0 bridgehead atoms. The van der Waals surface area contributed by atoms with E-state index in [4.69, 9.17) is 30.5 Å². The first-order valence-corrected chi connectivity index (χ1v) is 14.8. The number of carbonyl (C=O) groups excluding carboxylic acids is 1. The average molecular weight is 685 g/mol. The molecule has 0 radical (unpaired) electrons. The van der Waals surface area contributed by atoms with E-state index in [1.54, 1.807) is 49.4 Å². The van der Waals surface area contributed by atoms with Gasteiger partial charge in [0.05, 0.1) is 22.5 Å². The van der Waals surface area contributed by atoms with Crippen molar-refractivity contribution in [3.8, 4) is 11.5 Å². The Labute approximate surface area is 266 Å². The summed E-state index contributed by atoms with van der Waals surface area (Å²) >= 11 is 0. The van der Waals surface area contributed by atoms with Crippen molar-refractivity contribution in [2.24, 2.45) is 5.73 Å². The molecule has 0 heterocycles. The van der Waals surface area contributed by atoms with Gasteiger partial charge in [-0.25, -0.2) is 13.2 Å². The van der Waals surface area contributed by atoms with Gasteiger partial charge in [-0.05, 0) is 74.9 Å². The minimum absolute atomic E-state index is 0.122. The zero-order chi connectivity index (χ0) is 35.5. The Morgan fingerprint density at radius 3 is 2.09 bits per heavy atom. The topological polar surface area (TPSA) is 236 Å². The first-order chi connectivity index (χ1) is 21.8. The molecule has 0 aromatic heterocycles. The first kappa shape index (κ1) is 37.8. The Hall–Kier alpha value is -5.43. The quantitative estimate of drug-likeness (QED) is 0.0654. The van der Waals surface area contributed by atoms with Crippen LogP contribution < -0.4 is 30.8 Å². The molecule has 0 saturated heterocycles. The summed E-state index contributed by atoms with van der Waals surface area (Å²) in [5, 5.41) is 28.6. The van der Waals surface area contributed by atoms with Crippen LogP contribution >= 0.6 is 0 Å². The number of rotatable bonds is 13. The lowest BCUT2D eigenvalue weighted by Crippen LogP contribution is -2.45. The number of benzene rings is 3. The molecular formula is C28H31F3N6O9S. The van der Waals surface area contributed by atoms with E-state index in [1.807, 2.05) is 18.7 Å². The summed E-state index contributed by atoms with van der Waals surface area (Å²) < 4.78 is 68.7. The second kappa shape index (κ2) is 16.2. The van der Waals surface area contributed by atoms with Gasteiger partial charge in [-0.3, -0.25) is 25.7 Å². The molecule has 0 aliphatic carbocycles. The largest absolute Gasteiger partial charge is 0.490 e. The van der Waals surface area contributed by atoms with Gasteiger partial charge in [0.1, 0.15) is 11.9 Å². The summed E-state index contributed by atoms with van der Waals surface area (Å²) in [7, 11) is -4.25. The number of non-ortho nitro benzene ring substituents is 1. The van der Waals surface area contributed by atoms with Crippen LogP contribution in [0.3, 0.4) is 0 Å². The number of nitro groups is 1. The second-order valence-electron chi connectivity index (χ2n) is 9.52. The fourth-order valence-electron chi connectivity index (χ4n) is 3.53. The summed E-state index contributed by atoms with van der Waals surface area (Å²) in [6.45, 7) is 5.87. The normalized spacial score (nSPS) is 11.8. The van der Waals surface area contributed by atoms with E-state index < -0.39 is 39.0 Å². The number of carbonyl (C=O) groups is 2. The molecule has 7 N–H and O–H groups in total. The highest BCUT2D eigenvalue weighted by atomic mass is 32.2. The summed E-state index contributed by atoms with van der Waals surface area (Å²) in [6, 6.07) is 14.4. The number of alkyl halides is 3. The number of carboxylic acids is 1. The minimum atomic E-state index is -5.08. The second-order valence-corrected chi connectivity index (χ2v) is 11.2. The number of anilines is 1. The van der Waals surface area contributed by atoms with Gasteiger partial charge < -0.3 is 25.6 Å². The van der Waals surface area contributed by atoms with Gasteiger partial charge in [0.25, 0.3) is 21.6 Å². The number of amidine groups is 1. The molecule has 1 unspecified atom stereocenters. The number of nitrogens with zero attached hydrogens (tertiary/aromatic N) is 1. The number of amides is 1. The van der Waals surface area contributed by atoms with Crippen molar-refractivity contribution in [3.63, 3.8) is 0 Å². The Kier molecular flexibility index (Phi) is 13.0. The van der Waals surface area contributed by atoms with E-state index in [9.17, 15) is 36.5 Å². The molecule has 0 aliphatic heterocycles. The van der Waals surface area contributed by atoms with Crippen LogP contribution in [0.15, 0.2) is 71.6 Å². The number of aliphatic carboxylic acids is 1. The Morgan fingerprint density at radius 1 is 1.04 bits per heavy atom. The van der Waals surface area contributed by atoms with Crippen molar-refractivity contribution < 1.29 is 50.7 Å². The van der Waals surface area contributed by atoms with Crippen LogP contribution in [0.1, 0.15) is 37.9 Å². The number of nitrogens with two attached hydrogens (primary N) is 1. The Morgan fingerprint density at radius 2 is 1.62 bits per heavy atom. The van der Waals surface area contributed by atoms with Gasteiger partial charge >= 0.3 is 12.1 Å². The number of hydrogen-bond acceptors (Lipinski definition) is 10. The fraction of sp³-hybridized carbons (Fsp3) is 0.250. The molecule has 1 atom stereocenters. The number of nitro benzene ring substituents is 1. The lowest BCUT2D eigenvalue weighted by atomic mass is 10.0. The van der Waals surface area contributed by atoms with Crippen molar-refractivity contribution in [3.05, 3.63) is 88.0 Å². The van der Waals surface area contributed by atoms with Crippen molar-refractivity contribution in [2.75, 3.05) is 11.9 Å². The molecule has 0 aliphatic rings. The highest BCUT2D eigenvalue weighted by Crippen LogP contribution is 2.33. The van der Waals surface area contributed by atoms with E-state index >= 15 is 0 Å². The highest BCUT2D eigenvalue weighted by molar-refractivity contribution is 7.89. The van der Waals surface area contributed by atoms with Crippen LogP contribution in [0, 0.1) is 15.5 Å². The number of hydrogen-bond donors (Lipinski definition) is 6. The molecule has 47 heavy (non-hydrogen) atoms. The monoisotopic (exact) mass is 684 g/mol. The third kappa shape index (κ3) is 11.5. The number of carboxylic acid groups (broad SMARTS) is 1. The Balaban J connectivity index is 0.000000984. The van der Waals surface area contributed by atoms with Crippen LogP contribution in [-0.2, 0) is 19.6 Å². The molecule has 0 fully saturated rings. The van der Waals surface area contributed by atoms with Crippen molar-refractivity contribution in [1.29, 1.82) is 5.41 Å². The Bertz CT molecular complexity index is 1690. The van der Waals surface area contributed by atoms with Gasteiger partial charge in [-0.2, -0.15) is 13.2 Å². The number of ether oxygens (including phenoxy) is 2. The van der Waals surface area contributed by atoms with E-state index in [0.717, 1.165) is 24.3 Å². The summed E-state index contributed by atoms with van der Waals surface area (Å²) in [5.41, 5.74) is 8.86. The smallest absolute Gasteiger partial charge is 0.490 e. The maximum Gasteiger partial charge on any atom is 0.490 e. The lowest BCUT2D eigenvalue weighted by Gasteiger charge is -2.22. The number of hydrazine groups is 1. The number of nitrogens with one attached hydrogen (secondary N) is 4. The van der Waals surface area contributed by atoms with Gasteiger partial charge in [0.2, 0.25) is 0 Å². The highest BCUT2D eigenvalue weighted by Gasteiger charge is 2.38. The zero-order valence-corrected chi connectivity index (χ0v) is 25.8. The van der Waals surface area contributed by atoms with Crippen LogP contribution in [0.25, 0.3) is 0 Å². The number of nitrogen functional groups attached to an aromatic ring is 1. The first-order valence-electron chi connectivity index (χ1n) is 13.4. The van der Waals surface area contributed by atoms with Gasteiger partial charge in [-0.1, -0.05) is 6.07 Å². The van der Waals surface area contributed by atoms with Gasteiger partial charge in [0, 0.05) is 23.4 Å². The number of halogens is 3. The van der Waals surface area contributed by atoms with Crippen molar-refractivity contribution in [2.45, 2.75) is 44.0 Å². The molecule has 15 nitrogen and oxygen atoms in total. The summed E-state index contributed by atoms with van der Waals surface area (Å²) in [6.07, 6.45) is -5.21. The van der Waals surface area contributed by atoms with Crippen molar-refractivity contribution >= 4 is 39.1 Å². The summed E-state index contributed by atoms with van der Waals surface area (Å²) in [4.78, 5) is 34.2. The molecule has 3 aromatic carbocycles. The molecule has 0 saturated carbocycles. The zero-order valence-electron chi connectivity index (χ0n) is 25.0. The minimum Gasteiger partial charge on any atom is -0.490 e. The molecule has 254 valence electrons. The molecule has 19 heteroatoms. The molecule has 0 spiro atoms. The maximum absolute atomic E-state index is 13.4. The van der Waals surface area contributed by atoms with E-state index in [-0.39, 0.29) is 22.5 Å². The van der Waals surface area contributed by atoms with Gasteiger partial charge in [-0.15, -0.1) is 4.83 Å². The van der Waals surface area contributed by atoms with E-state index in [1.165, 1.54) is 0 Å². The standard InChI is InChI=1S/C26H30N6O7S.C2HF3O2/c1-4-38-23-15-18(7-14-22(23)39-16(2)3)24(29-19-8-5-17(6-9-19)25(27)28)26(33)30-31-40(36,37)21-12-10-20(11-13-21)32(34)35;3-2(4,5)1(6)7/h5-16,24,29,31H,4H2,1-3H3,(H3,27,28)(H,30,33);(H,6,7). The molecule has 3 rings (SSSR count). The SMILES string of the molecule is CCOc1cc(C(Nc2ccc(C(=N)N)cc2)C(=O)NNS(=O)(=O)c2ccc([N+](=O)[O-])cc2)ccc1OC(C)C.O=C(O)C(F)(F)F. The third-order valence-electron chi connectivity index (χ3n) is 5.64. The van der Waals surface area contributed by atoms with Crippen molar-refractivity contribution in [1.82, 2.24) is 10.3 Å². The molecular weight excluding hydrogens is 653 g/mol. The number of sulfonamides is 1. The average Bonchev–Trinajstić information content (AvgIpc) is 2.99. The fourth-order valence-corrected chi connectivity index (χ4v) is 4.38. The van der Waals surface area contributed by atoms with Crippen LogP contribution in [0.2, 0.25) is 0 Å². The predicted octanol–water partition coefficient (Wildman–Crippen LogP) is 3.86. The lowest BCUT2D eigenvalue weighted by molar-refractivity contribution is -0.384. The third-order valence-corrected chi connectivity index (χ3v) is 6.91. The van der Waals surface area contributed by atoms with Crippen LogP contribution in [-0.4, -0.2) is 55.0 Å². The van der Waals surface area contributed by atoms with E-state index in [2.05, 4.69) is 10.7 Å². The van der Waals surface area contributed by atoms with E-state index in [0.29, 0.717) is 34.9 Å². The van der Waals surface area contributed by atoms with Crippen LogP contribution in [0.4, 0.5) is 24.5 Å².